The van der Waals surface area contributed by atoms with Crippen molar-refractivity contribution in [3.05, 3.63) is 35.4 Å². The van der Waals surface area contributed by atoms with Crippen molar-refractivity contribution in [2.24, 2.45) is 5.92 Å². The second-order valence-corrected chi connectivity index (χ2v) is 5.43. The van der Waals surface area contributed by atoms with Crippen molar-refractivity contribution in [3.8, 4) is 0 Å². The first kappa shape index (κ1) is 12.3. The lowest BCUT2D eigenvalue weighted by atomic mass is 9.72. The van der Waals surface area contributed by atoms with Gasteiger partial charge in [0, 0.05) is 0 Å². The molecule has 0 N–H and O–H groups in total. The number of hydrogen-bond donors (Lipinski definition) is 0. The number of rotatable bonds is 4. The van der Waals surface area contributed by atoms with E-state index in [-0.39, 0.29) is 5.41 Å². The normalized spacial score (nSPS) is 20.1. The van der Waals surface area contributed by atoms with Gasteiger partial charge in [0.1, 0.15) is 6.29 Å². The van der Waals surface area contributed by atoms with Crippen molar-refractivity contribution >= 4 is 6.29 Å². The van der Waals surface area contributed by atoms with Gasteiger partial charge in [-0.3, -0.25) is 0 Å². The van der Waals surface area contributed by atoms with Gasteiger partial charge >= 0.3 is 0 Å². The Hall–Kier alpha value is -1.11. The Morgan fingerprint density at radius 2 is 1.82 bits per heavy atom. The highest BCUT2D eigenvalue weighted by molar-refractivity contribution is 5.68. The maximum atomic E-state index is 11.6. The maximum absolute atomic E-state index is 11.6. The van der Waals surface area contributed by atoms with Gasteiger partial charge in [-0.15, -0.1) is 0 Å². The van der Waals surface area contributed by atoms with E-state index in [4.69, 9.17) is 0 Å². The Balaban J connectivity index is 2.29. The van der Waals surface area contributed by atoms with E-state index in [0.717, 1.165) is 6.42 Å². The summed E-state index contributed by atoms with van der Waals surface area (Å²) in [6.45, 7) is 4.27. The maximum Gasteiger partial charge on any atom is 0.130 e. The molecule has 0 bridgehead atoms. The fraction of sp³-hybridized carbons (Fsp3) is 0.562. The quantitative estimate of drug-likeness (QED) is 0.717. The fourth-order valence-electron chi connectivity index (χ4n) is 3.03. The van der Waals surface area contributed by atoms with Crippen LogP contribution in [0.4, 0.5) is 0 Å². The van der Waals surface area contributed by atoms with Crippen LogP contribution in [0.3, 0.4) is 0 Å². The molecule has 1 aliphatic rings. The van der Waals surface area contributed by atoms with Gasteiger partial charge in [-0.05, 0) is 43.2 Å². The zero-order valence-electron chi connectivity index (χ0n) is 10.9. The lowest BCUT2D eigenvalue weighted by molar-refractivity contribution is -0.113. The Bertz CT molecular complexity index is 373. The second kappa shape index (κ2) is 5.03. The first-order chi connectivity index (χ1) is 8.20. The lowest BCUT2D eigenvalue weighted by Gasteiger charge is -2.30. The third-order valence-electron chi connectivity index (χ3n) is 4.43. The van der Waals surface area contributed by atoms with E-state index in [1.807, 2.05) is 0 Å². The van der Waals surface area contributed by atoms with Gasteiger partial charge in [0.2, 0.25) is 0 Å². The van der Waals surface area contributed by atoms with Crippen LogP contribution in [0.15, 0.2) is 24.3 Å². The van der Waals surface area contributed by atoms with E-state index in [1.165, 1.54) is 43.1 Å². The molecule has 0 saturated heterocycles. The minimum Gasteiger partial charge on any atom is -0.302 e. The van der Waals surface area contributed by atoms with E-state index >= 15 is 0 Å². The monoisotopic (exact) mass is 230 g/mol. The van der Waals surface area contributed by atoms with Crippen LogP contribution >= 0.6 is 0 Å². The van der Waals surface area contributed by atoms with Crippen LogP contribution in [0.2, 0.25) is 0 Å². The predicted molar refractivity (Wildman–Crippen MR) is 71.2 cm³/mol. The van der Waals surface area contributed by atoms with Crippen LogP contribution in [0.5, 0.6) is 0 Å². The topological polar surface area (TPSA) is 17.1 Å². The van der Waals surface area contributed by atoms with Gasteiger partial charge in [0.05, 0.1) is 5.41 Å². The molecule has 0 amide bonds. The zero-order chi connectivity index (χ0) is 12.3. The lowest BCUT2D eigenvalue weighted by Crippen LogP contribution is -2.32. The van der Waals surface area contributed by atoms with E-state index in [2.05, 4.69) is 38.1 Å². The smallest absolute Gasteiger partial charge is 0.130 e. The van der Waals surface area contributed by atoms with Gasteiger partial charge in [-0.25, -0.2) is 0 Å². The molecule has 17 heavy (non-hydrogen) atoms. The standard InChI is InChI=1S/C16H22O/c1-3-13-8-10-15(11-9-13)16(2,12-17)14-6-4-5-7-14/h8-12,14H,3-7H2,1-2H3. The molecule has 0 aliphatic heterocycles. The highest BCUT2D eigenvalue weighted by Crippen LogP contribution is 2.40. The molecule has 1 aromatic rings. The summed E-state index contributed by atoms with van der Waals surface area (Å²) in [5.41, 5.74) is 2.26. The van der Waals surface area contributed by atoms with Crippen molar-refractivity contribution in [1.82, 2.24) is 0 Å². The van der Waals surface area contributed by atoms with Crippen molar-refractivity contribution in [2.75, 3.05) is 0 Å². The third kappa shape index (κ3) is 2.29. The van der Waals surface area contributed by atoms with Crippen molar-refractivity contribution in [3.63, 3.8) is 0 Å². The molecule has 1 saturated carbocycles. The van der Waals surface area contributed by atoms with E-state index in [0.29, 0.717) is 5.92 Å². The number of carbonyl (C=O) groups excluding carboxylic acids is 1. The summed E-state index contributed by atoms with van der Waals surface area (Å²) in [7, 11) is 0. The summed E-state index contributed by atoms with van der Waals surface area (Å²) < 4.78 is 0. The number of aldehydes is 1. The molecular formula is C16H22O. The number of carbonyl (C=O) groups is 1. The number of hydrogen-bond acceptors (Lipinski definition) is 1. The van der Waals surface area contributed by atoms with Gasteiger partial charge in [0.15, 0.2) is 0 Å². The van der Waals surface area contributed by atoms with Crippen molar-refractivity contribution in [2.45, 2.75) is 51.4 Å². The van der Waals surface area contributed by atoms with Crippen LogP contribution in [0.1, 0.15) is 50.7 Å². The van der Waals surface area contributed by atoms with E-state index in [1.54, 1.807) is 0 Å². The summed E-state index contributed by atoms with van der Waals surface area (Å²) in [5, 5.41) is 0. The van der Waals surface area contributed by atoms with Gasteiger partial charge < -0.3 is 4.79 Å². The molecule has 0 aromatic heterocycles. The molecule has 2 rings (SSSR count). The summed E-state index contributed by atoms with van der Waals surface area (Å²) >= 11 is 0. The Kier molecular flexibility index (Phi) is 3.66. The fourth-order valence-corrected chi connectivity index (χ4v) is 3.03. The number of benzene rings is 1. The number of aryl methyl sites for hydroxylation is 1. The first-order valence-corrected chi connectivity index (χ1v) is 6.76. The average Bonchev–Trinajstić information content (AvgIpc) is 2.92. The van der Waals surface area contributed by atoms with Crippen molar-refractivity contribution < 1.29 is 4.79 Å². The largest absolute Gasteiger partial charge is 0.302 e. The second-order valence-electron chi connectivity index (χ2n) is 5.43. The van der Waals surface area contributed by atoms with Crippen LogP contribution in [0.25, 0.3) is 0 Å². The highest BCUT2D eigenvalue weighted by atomic mass is 16.1. The summed E-state index contributed by atoms with van der Waals surface area (Å²) in [4.78, 5) is 11.6. The molecule has 0 radical (unpaired) electrons. The van der Waals surface area contributed by atoms with Crippen LogP contribution in [-0.2, 0) is 16.6 Å². The zero-order valence-corrected chi connectivity index (χ0v) is 10.9. The van der Waals surface area contributed by atoms with Gasteiger partial charge in [-0.1, -0.05) is 44.0 Å². The van der Waals surface area contributed by atoms with Crippen LogP contribution < -0.4 is 0 Å². The SMILES string of the molecule is CCc1ccc(C(C)(C=O)C2CCCC2)cc1. The van der Waals surface area contributed by atoms with E-state index < -0.39 is 0 Å². The average molecular weight is 230 g/mol. The molecule has 1 atom stereocenters. The summed E-state index contributed by atoms with van der Waals surface area (Å²) in [6, 6.07) is 8.61. The molecule has 92 valence electrons. The first-order valence-electron chi connectivity index (χ1n) is 6.76. The molecule has 1 heteroatoms. The highest BCUT2D eigenvalue weighted by Gasteiger charge is 2.37. The Morgan fingerprint density at radius 3 is 2.29 bits per heavy atom. The minimum atomic E-state index is -0.275. The molecule has 1 aliphatic carbocycles. The van der Waals surface area contributed by atoms with Gasteiger partial charge in [0.25, 0.3) is 0 Å². The minimum absolute atomic E-state index is 0.275. The third-order valence-corrected chi connectivity index (χ3v) is 4.43. The Labute approximate surface area is 104 Å². The predicted octanol–water partition coefficient (Wildman–Crippen LogP) is 3.90. The molecule has 0 heterocycles. The molecule has 1 fully saturated rings. The molecule has 1 unspecified atom stereocenters. The molecule has 1 aromatic carbocycles. The van der Waals surface area contributed by atoms with Gasteiger partial charge in [-0.2, -0.15) is 0 Å². The summed E-state index contributed by atoms with van der Waals surface area (Å²) in [6.07, 6.45) is 7.18. The Morgan fingerprint density at radius 1 is 1.24 bits per heavy atom. The van der Waals surface area contributed by atoms with E-state index in [9.17, 15) is 4.79 Å². The summed E-state index contributed by atoms with van der Waals surface area (Å²) in [5.74, 6) is 0.535. The molecular weight excluding hydrogens is 208 g/mol. The van der Waals surface area contributed by atoms with Crippen LogP contribution in [0, 0.1) is 5.92 Å². The molecule has 0 spiro atoms. The van der Waals surface area contributed by atoms with Crippen LogP contribution in [-0.4, -0.2) is 6.29 Å². The van der Waals surface area contributed by atoms with Crippen molar-refractivity contribution in [1.29, 1.82) is 0 Å². The molecule has 1 nitrogen and oxygen atoms in total.